The lowest BCUT2D eigenvalue weighted by Crippen LogP contribution is -2.48. The molecule has 3 N–H and O–H groups in total. The van der Waals surface area contributed by atoms with Gasteiger partial charge in [-0.2, -0.15) is 0 Å². The molecule has 0 aliphatic heterocycles. The zero-order valence-corrected chi connectivity index (χ0v) is 15.0. The van der Waals surface area contributed by atoms with E-state index in [1.54, 1.807) is 19.1 Å². The van der Waals surface area contributed by atoms with Gasteiger partial charge in [0.15, 0.2) is 5.13 Å². The highest BCUT2D eigenvalue weighted by Gasteiger charge is 2.28. The van der Waals surface area contributed by atoms with Crippen molar-refractivity contribution in [1.29, 1.82) is 0 Å². The summed E-state index contributed by atoms with van der Waals surface area (Å²) in [5.41, 5.74) is 6.67. The van der Waals surface area contributed by atoms with E-state index in [9.17, 15) is 9.18 Å². The van der Waals surface area contributed by atoms with Crippen LogP contribution < -0.4 is 11.1 Å². The third-order valence-corrected chi connectivity index (χ3v) is 4.31. The van der Waals surface area contributed by atoms with Gasteiger partial charge in [-0.25, -0.2) is 9.37 Å². The molecule has 0 aliphatic carbocycles. The van der Waals surface area contributed by atoms with Crippen LogP contribution in [-0.4, -0.2) is 16.4 Å². The average Bonchev–Trinajstić information content (AvgIpc) is 2.80. The third kappa shape index (κ3) is 4.73. The fourth-order valence-electron chi connectivity index (χ4n) is 2.20. The number of nitrogens with one attached hydrogen (secondary N) is 1. The minimum atomic E-state index is -0.912. The van der Waals surface area contributed by atoms with Gasteiger partial charge in [-0.05, 0) is 44.5 Å². The van der Waals surface area contributed by atoms with E-state index in [2.05, 4.69) is 10.3 Å². The predicted octanol–water partition coefficient (Wildman–Crippen LogP) is 4.14. The van der Waals surface area contributed by atoms with E-state index in [1.807, 2.05) is 13.8 Å². The highest BCUT2D eigenvalue weighted by Crippen LogP contribution is 2.30. The van der Waals surface area contributed by atoms with Crippen molar-refractivity contribution >= 4 is 34.8 Å². The molecule has 0 fully saturated rings. The summed E-state index contributed by atoms with van der Waals surface area (Å²) in [6.07, 6.45) is 1.44. The van der Waals surface area contributed by atoms with Gasteiger partial charge in [0, 0.05) is 10.4 Å². The molecule has 2 rings (SSSR count). The number of nitrogens with zero attached hydrogens (tertiary/aromatic N) is 1. The number of benzene rings is 1. The van der Waals surface area contributed by atoms with Crippen molar-refractivity contribution in [1.82, 2.24) is 4.98 Å². The Kier molecular flexibility index (Phi) is 6.68. The first-order chi connectivity index (χ1) is 10.3. The standard InChI is InChI=1S/C16H20FN3OS.ClH/c1-4-9-16(3,18)14(21)20-15-19-13(10(2)22-15)11-5-7-12(17)8-6-11;/h5-8H,4,9,18H2,1-3H3,(H,19,20,21);1H. The number of aromatic nitrogens is 1. The normalized spacial score (nSPS) is 13.1. The topological polar surface area (TPSA) is 68.0 Å². The molecule has 4 nitrogen and oxygen atoms in total. The van der Waals surface area contributed by atoms with Gasteiger partial charge in [0.2, 0.25) is 5.91 Å². The largest absolute Gasteiger partial charge is 0.318 e. The van der Waals surface area contributed by atoms with Crippen molar-refractivity contribution in [3.05, 3.63) is 35.0 Å². The SMILES string of the molecule is CCCC(C)(N)C(=O)Nc1nc(-c2ccc(F)cc2)c(C)s1.Cl. The molecule has 7 heteroatoms. The van der Waals surface area contributed by atoms with Crippen LogP contribution in [0, 0.1) is 12.7 Å². The van der Waals surface area contributed by atoms with Gasteiger partial charge in [-0.1, -0.05) is 13.3 Å². The number of carbonyl (C=O) groups is 1. The Morgan fingerprint density at radius 1 is 1.39 bits per heavy atom. The maximum atomic E-state index is 13.0. The Morgan fingerprint density at radius 2 is 2.00 bits per heavy atom. The van der Waals surface area contributed by atoms with Crippen LogP contribution >= 0.6 is 23.7 Å². The number of thiazole rings is 1. The van der Waals surface area contributed by atoms with Gasteiger partial charge in [-0.3, -0.25) is 4.79 Å². The van der Waals surface area contributed by atoms with Crippen molar-refractivity contribution in [2.24, 2.45) is 5.73 Å². The van der Waals surface area contributed by atoms with E-state index >= 15 is 0 Å². The summed E-state index contributed by atoms with van der Waals surface area (Å²) < 4.78 is 13.0. The van der Waals surface area contributed by atoms with Crippen molar-refractivity contribution in [2.45, 2.75) is 39.2 Å². The summed E-state index contributed by atoms with van der Waals surface area (Å²) in [4.78, 5) is 17.6. The first-order valence-electron chi connectivity index (χ1n) is 7.17. The van der Waals surface area contributed by atoms with Crippen LogP contribution in [0.4, 0.5) is 9.52 Å². The molecular formula is C16H21ClFN3OS. The van der Waals surface area contributed by atoms with Crippen molar-refractivity contribution < 1.29 is 9.18 Å². The van der Waals surface area contributed by atoms with Gasteiger partial charge >= 0.3 is 0 Å². The Hall–Kier alpha value is -1.50. The van der Waals surface area contributed by atoms with Crippen molar-refractivity contribution in [3.8, 4) is 11.3 Å². The van der Waals surface area contributed by atoms with Crippen LogP contribution in [0.3, 0.4) is 0 Å². The molecule has 2 aromatic rings. The highest BCUT2D eigenvalue weighted by atomic mass is 35.5. The second kappa shape index (κ2) is 7.86. The number of halogens is 2. The summed E-state index contributed by atoms with van der Waals surface area (Å²) in [5, 5.41) is 3.29. The molecule has 1 aromatic carbocycles. The molecule has 1 atom stereocenters. The van der Waals surface area contributed by atoms with Gasteiger partial charge in [-0.15, -0.1) is 23.7 Å². The van der Waals surface area contributed by atoms with Crippen LogP contribution in [0.1, 0.15) is 31.6 Å². The smallest absolute Gasteiger partial charge is 0.245 e. The molecule has 0 spiro atoms. The summed E-state index contributed by atoms with van der Waals surface area (Å²) in [5.74, 6) is -0.530. The number of amides is 1. The Bertz CT molecular complexity index is 670. The maximum absolute atomic E-state index is 13.0. The first-order valence-corrected chi connectivity index (χ1v) is 7.99. The van der Waals surface area contributed by atoms with Gasteiger partial charge in [0.25, 0.3) is 0 Å². The molecule has 1 heterocycles. The van der Waals surface area contributed by atoms with E-state index in [0.717, 1.165) is 22.6 Å². The third-order valence-electron chi connectivity index (χ3n) is 3.42. The zero-order valence-electron chi connectivity index (χ0n) is 13.4. The Balaban J connectivity index is 0.00000264. The van der Waals surface area contributed by atoms with Crippen LogP contribution in [-0.2, 0) is 4.79 Å². The van der Waals surface area contributed by atoms with Crippen molar-refractivity contribution in [3.63, 3.8) is 0 Å². The summed E-state index contributed by atoms with van der Waals surface area (Å²) in [6.45, 7) is 5.62. The van der Waals surface area contributed by atoms with Gasteiger partial charge < -0.3 is 11.1 Å². The lowest BCUT2D eigenvalue weighted by molar-refractivity contribution is -0.120. The van der Waals surface area contributed by atoms with E-state index in [1.165, 1.54) is 23.5 Å². The molecule has 0 saturated carbocycles. The van der Waals surface area contributed by atoms with E-state index in [4.69, 9.17) is 5.73 Å². The quantitative estimate of drug-likeness (QED) is 0.845. The summed E-state index contributed by atoms with van der Waals surface area (Å²) in [6, 6.07) is 6.13. The van der Waals surface area contributed by atoms with Gasteiger partial charge in [0.05, 0.1) is 11.2 Å². The van der Waals surface area contributed by atoms with E-state index in [-0.39, 0.29) is 24.1 Å². The molecule has 0 radical (unpaired) electrons. The molecule has 1 unspecified atom stereocenters. The van der Waals surface area contributed by atoms with Crippen molar-refractivity contribution in [2.75, 3.05) is 5.32 Å². The molecule has 126 valence electrons. The number of hydrogen-bond donors (Lipinski definition) is 2. The van der Waals surface area contributed by atoms with E-state index in [0.29, 0.717) is 11.6 Å². The molecular weight excluding hydrogens is 337 g/mol. The summed E-state index contributed by atoms with van der Waals surface area (Å²) >= 11 is 1.38. The second-order valence-corrected chi connectivity index (χ2v) is 6.76. The number of carbonyl (C=O) groups excluding carboxylic acids is 1. The lowest BCUT2D eigenvalue weighted by atomic mass is 9.97. The first kappa shape index (κ1) is 19.5. The van der Waals surface area contributed by atoms with Crippen LogP contribution in [0.15, 0.2) is 24.3 Å². The minimum absolute atomic E-state index is 0. The number of aryl methyl sites for hydroxylation is 1. The van der Waals surface area contributed by atoms with Gasteiger partial charge in [0.1, 0.15) is 5.82 Å². The number of anilines is 1. The zero-order chi connectivity index (χ0) is 16.3. The Morgan fingerprint density at radius 3 is 2.57 bits per heavy atom. The minimum Gasteiger partial charge on any atom is -0.318 e. The second-order valence-electron chi connectivity index (χ2n) is 5.55. The maximum Gasteiger partial charge on any atom is 0.245 e. The van der Waals surface area contributed by atoms with Crippen LogP contribution in [0.25, 0.3) is 11.3 Å². The molecule has 23 heavy (non-hydrogen) atoms. The predicted molar refractivity (Wildman–Crippen MR) is 95.6 cm³/mol. The lowest BCUT2D eigenvalue weighted by Gasteiger charge is -2.21. The highest BCUT2D eigenvalue weighted by molar-refractivity contribution is 7.16. The number of nitrogens with two attached hydrogens (primary N) is 1. The fraction of sp³-hybridized carbons (Fsp3) is 0.375. The number of hydrogen-bond acceptors (Lipinski definition) is 4. The molecule has 0 aliphatic rings. The average molecular weight is 358 g/mol. The van der Waals surface area contributed by atoms with Crippen LogP contribution in [0.5, 0.6) is 0 Å². The monoisotopic (exact) mass is 357 g/mol. The number of rotatable bonds is 5. The summed E-state index contributed by atoms with van der Waals surface area (Å²) in [7, 11) is 0. The fourth-order valence-corrected chi connectivity index (χ4v) is 3.03. The molecule has 0 bridgehead atoms. The molecule has 1 amide bonds. The molecule has 1 aromatic heterocycles. The van der Waals surface area contributed by atoms with E-state index < -0.39 is 5.54 Å². The molecule has 0 saturated heterocycles. The Labute approximate surface area is 145 Å². The van der Waals surface area contributed by atoms with Crippen LogP contribution in [0.2, 0.25) is 0 Å².